The number of guanidine groups is 1. The highest BCUT2D eigenvalue weighted by Crippen LogP contribution is 2.25. The monoisotopic (exact) mass is 433 g/mol. The second kappa shape index (κ2) is 9.47. The average molecular weight is 433 g/mol. The Morgan fingerprint density at radius 3 is 2.17 bits per heavy atom. The van der Waals surface area contributed by atoms with Crippen LogP contribution in [-0.4, -0.2) is 38.8 Å². The number of nitrogens with zero attached hydrogens (tertiary/aromatic N) is 1. The highest BCUT2D eigenvalue weighted by Gasteiger charge is 2.23. The molecular formula is C18H32IN3O. The fourth-order valence-corrected chi connectivity index (χ4v) is 2.32. The molecule has 0 spiro atoms. The van der Waals surface area contributed by atoms with Crippen LogP contribution in [-0.2, 0) is 10.2 Å². The van der Waals surface area contributed by atoms with E-state index in [1.54, 1.807) is 14.2 Å². The number of ether oxygens (including phenoxy) is 1. The smallest absolute Gasteiger partial charge is 0.191 e. The Morgan fingerprint density at radius 2 is 1.65 bits per heavy atom. The van der Waals surface area contributed by atoms with E-state index in [4.69, 9.17) is 4.74 Å². The summed E-state index contributed by atoms with van der Waals surface area (Å²) in [5, 5.41) is 6.73. The van der Waals surface area contributed by atoms with Crippen LogP contribution in [0.15, 0.2) is 29.3 Å². The highest BCUT2D eigenvalue weighted by molar-refractivity contribution is 14.0. The van der Waals surface area contributed by atoms with E-state index in [9.17, 15) is 0 Å². The molecule has 0 unspecified atom stereocenters. The summed E-state index contributed by atoms with van der Waals surface area (Å²) in [5.41, 5.74) is 2.48. The van der Waals surface area contributed by atoms with Crippen molar-refractivity contribution in [3.63, 3.8) is 0 Å². The average Bonchev–Trinajstić information content (AvgIpc) is 2.47. The third-order valence-electron chi connectivity index (χ3n) is 4.03. The zero-order chi connectivity index (χ0) is 16.8. The number of hydrogen-bond acceptors (Lipinski definition) is 2. The van der Waals surface area contributed by atoms with E-state index in [-0.39, 0.29) is 35.0 Å². The number of halogens is 1. The molecule has 0 heterocycles. The van der Waals surface area contributed by atoms with Crippen molar-refractivity contribution >= 4 is 29.9 Å². The molecule has 1 rings (SSSR count). The Hall–Kier alpha value is -0.820. The summed E-state index contributed by atoms with van der Waals surface area (Å²) >= 11 is 0. The topological polar surface area (TPSA) is 45.7 Å². The van der Waals surface area contributed by atoms with Crippen LogP contribution in [0.3, 0.4) is 0 Å². The molecule has 0 atom stereocenters. The van der Waals surface area contributed by atoms with Gasteiger partial charge < -0.3 is 15.4 Å². The molecule has 0 aliphatic rings. The SMILES string of the molecule is CN=C(NCC(C)(C)OC)NCC(C)(C)c1ccccc1C.I. The van der Waals surface area contributed by atoms with Crippen LogP contribution in [0.1, 0.15) is 38.8 Å². The molecule has 1 aromatic rings. The normalized spacial score (nSPS) is 12.6. The van der Waals surface area contributed by atoms with E-state index in [1.165, 1.54) is 11.1 Å². The fraction of sp³-hybridized carbons (Fsp3) is 0.611. The van der Waals surface area contributed by atoms with Crippen molar-refractivity contribution in [1.29, 1.82) is 0 Å². The summed E-state index contributed by atoms with van der Waals surface area (Å²) in [6, 6.07) is 8.53. The number of nitrogens with one attached hydrogen (secondary N) is 2. The Labute approximate surface area is 158 Å². The maximum atomic E-state index is 5.42. The van der Waals surface area contributed by atoms with Crippen molar-refractivity contribution in [2.24, 2.45) is 4.99 Å². The number of rotatable bonds is 6. The molecule has 0 amide bonds. The lowest BCUT2D eigenvalue weighted by Crippen LogP contribution is -2.48. The summed E-state index contributed by atoms with van der Waals surface area (Å²) < 4.78 is 5.42. The van der Waals surface area contributed by atoms with Gasteiger partial charge in [0.25, 0.3) is 0 Å². The first-order valence-corrected chi connectivity index (χ1v) is 7.77. The molecule has 0 bridgehead atoms. The molecule has 0 saturated heterocycles. The van der Waals surface area contributed by atoms with Crippen molar-refractivity contribution < 1.29 is 4.74 Å². The Morgan fingerprint density at radius 1 is 1.09 bits per heavy atom. The van der Waals surface area contributed by atoms with Gasteiger partial charge in [-0.1, -0.05) is 38.1 Å². The molecule has 0 aromatic heterocycles. The lowest BCUT2D eigenvalue weighted by atomic mass is 9.82. The minimum atomic E-state index is -0.219. The molecule has 0 aliphatic carbocycles. The Bertz CT molecular complexity index is 513. The summed E-state index contributed by atoms with van der Waals surface area (Å²) in [5.74, 6) is 0.798. The van der Waals surface area contributed by atoms with Crippen molar-refractivity contribution in [2.45, 2.75) is 45.6 Å². The first-order chi connectivity index (χ1) is 10.2. The molecular weight excluding hydrogens is 401 g/mol. The quantitative estimate of drug-likeness (QED) is 0.410. The molecule has 0 radical (unpaired) electrons. The maximum absolute atomic E-state index is 5.42. The van der Waals surface area contributed by atoms with Crippen LogP contribution < -0.4 is 10.6 Å². The van der Waals surface area contributed by atoms with Crippen LogP contribution in [0.5, 0.6) is 0 Å². The van der Waals surface area contributed by atoms with Crippen LogP contribution >= 0.6 is 24.0 Å². The van der Waals surface area contributed by atoms with Crippen molar-refractivity contribution in [3.8, 4) is 0 Å². The zero-order valence-electron chi connectivity index (χ0n) is 15.5. The van der Waals surface area contributed by atoms with Crippen LogP contribution in [0.25, 0.3) is 0 Å². The van der Waals surface area contributed by atoms with E-state index < -0.39 is 0 Å². The molecule has 132 valence electrons. The number of methoxy groups -OCH3 is 1. The predicted octanol–water partition coefficient (Wildman–Crippen LogP) is 3.48. The van der Waals surface area contributed by atoms with E-state index >= 15 is 0 Å². The van der Waals surface area contributed by atoms with Gasteiger partial charge in [0.1, 0.15) is 0 Å². The van der Waals surface area contributed by atoms with Crippen molar-refractivity contribution in [2.75, 3.05) is 27.2 Å². The Balaban J connectivity index is 0.00000484. The molecule has 0 saturated carbocycles. The maximum Gasteiger partial charge on any atom is 0.191 e. The van der Waals surface area contributed by atoms with Gasteiger partial charge in [-0.3, -0.25) is 4.99 Å². The standard InChI is InChI=1S/C18H31N3O.HI/c1-14-10-8-9-11-15(14)17(2,3)12-20-16(19-6)21-13-18(4,5)22-7;/h8-11H,12-13H2,1-7H3,(H2,19,20,21);1H. The largest absolute Gasteiger partial charge is 0.377 e. The van der Waals surface area contributed by atoms with Crippen molar-refractivity contribution in [3.05, 3.63) is 35.4 Å². The van der Waals surface area contributed by atoms with Crippen molar-refractivity contribution in [1.82, 2.24) is 10.6 Å². The first-order valence-electron chi connectivity index (χ1n) is 7.77. The van der Waals surface area contributed by atoms with Gasteiger partial charge in [0.2, 0.25) is 0 Å². The van der Waals surface area contributed by atoms with E-state index in [0.717, 1.165) is 12.5 Å². The second-order valence-electron chi connectivity index (χ2n) is 6.94. The van der Waals surface area contributed by atoms with Gasteiger partial charge in [-0.15, -0.1) is 24.0 Å². The number of benzene rings is 1. The molecule has 0 aliphatic heterocycles. The highest BCUT2D eigenvalue weighted by atomic mass is 127. The number of aryl methyl sites for hydroxylation is 1. The van der Waals surface area contributed by atoms with E-state index in [1.807, 2.05) is 13.8 Å². The van der Waals surface area contributed by atoms with Crippen LogP contribution in [0, 0.1) is 6.92 Å². The molecule has 23 heavy (non-hydrogen) atoms. The molecule has 4 nitrogen and oxygen atoms in total. The summed E-state index contributed by atoms with van der Waals surface area (Å²) in [7, 11) is 3.51. The zero-order valence-corrected chi connectivity index (χ0v) is 17.8. The van der Waals surface area contributed by atoms with Gasteiger partial charge in [-0.05, 0) is 31.9 Å². The first kappa shape index (κ1) is 22.2. The minimum absolute atomic E-state index is 0. The lowest BCUT2D eigenvalue weighted by Gasteiger charge is -2.29. The molecule has 0 fully saturated rings. The minimum Gasteiger partial charge on any atom is -0.377 e. The van der Waals surface area contributed by atoms with Gasteiger partial charge in [0.15, 0.2) is 5.96 Å². The summed E-state index contributed by atoms with van der Waals surface area (Å²) in [6.07, 6.45) is 0. The summed E-state index contributed by atoms with van der Waals surface area (Å²) in [4.78, 5) is 4.28. The van der Waals surface area contributed by atoms with Gasteiger partial charge >= 0.3 is 0 Å². The molecule has 1 aromatic carbocycles. The van der Waals surface area contributed by atoms with Gasteiger partial charge in [-0.25, -0.2) is 0 Å². The predicted molar refractivity (Wildman–Crippen MR) is 110 cm³/mol. The third-order valence-corrected chi connectivity index (χ3v) is 4.03. The van der Waals surface area contributed by atoms with Crippen LogP contribution in [0.4, 0.5) is 0 Å². The molecule has 5 heteroatoms. The Kier molecular flexibility index (Phi) is 9.13. The van der Waals surface area contributed by atoms with E-state index in [0.29, 0.717) is 6.54 Å². The van der Waals surface area contributed by atoms with E-state index in [2.05, 4.69) is 60.7 Å². The lowest BCUT2D eigenvalue weighted by molar-refractivity contribution is 0.0268. The van der Waals surface area contributed by atoms with Gasteiger partial charge in [-0.2, -0.15) is 0 Å². The fourth-order valence-electron chi connectivity index (χ4n) is 2.32. The van der Waals surface area contributed by atoms with Gasteiger partial charge in [0, 0.05) is 32.7 Å². The van der Waals surface area contributed by atoms with Gasteiger partial charge in [0.05, 0.1) is 5.60 Å². The summed E-state index contributed by atoms with van der Waals surface area (Å²) in [6.45, 7) is 12.3. The number of aliphatic imine (C=N–C) groups is 1. The van der Waals surface area contributed by atoms with Crippen LogP contribution in [0.2, 0.25) is 0 Å². The number of hydrogen-bond donors (Lipinski definition) is 2. The third kappa shape index (κ3) is 7.08. The second-order valence-corrected chi connectivity index (χ2v) is 6.94. The molecule has 2 N–H and O–H groups in total.